The van der Waals surface area contributed by atoms with Crippen LogP contribution in [0.15, 0.2) is 42.5 Å². The van der Waals surface area contributed by atoms with Gasteiger partial charge in [0.2, 0.25) is 0 Å². The number of hydrogen-bond donors (Lipinski definition) is 2. The van der Waals surface area contributed by atoms with Gasteiger partial charge >= 0.3 is 6.03 Å². The van der Waals surface area contributed by atoms with Crippen molar-refractivity contribution in [1.29, 1.82) is 0 Å². The second-order valence-corrected chi connectivity index (χ2v) is 4.91. The Morgan fingerprint density at radius 3 is 2.33 bits per heavy atom. The predicted molar refractivity (Wildman–Crippen MR) is 86.4 cm³/mol. The van der Waals surface area contributed by atoms with Crippen LogP contribution in [0.5, 0.6) is 5.75 Å². The molecule has 0 atom stereocenters. The van der Waals surface area contributed by atoms with E-state index in [1.165, 1.54) is 0 Å². The summed E-state index contributed by atoms with van der Waals surface area (Å²) >= 11 is 6.02. The summed E-state index contributed by atoms with van der Waals surface area (Å²) in [6.07, 6.45) is 0. The molecule has 0 aliphatic rings. The van der Waals surface area contributed by atoms with Crippen LogP contribution in [0, 0.1) is 6.92 Å². The Bertz CT molecular complexity index is 627. The topological polar surface area (TPSA) is 50.4 Å². The van der Waals surface area contributed by atoms with Crippen molar-refractivity contribution in [3.63, 3.8) is 0 Å². The van der Waals surface area contributed by atoms with Gasteiger partial charge in [0.1, 0.15) is 5.75 Å². The van der Waals surface area contributed by atoms with Crippen LogP contribution >= 0.6 is 11.6 Å². The van der Waals surface area contributed by atoms with Crippen molar-refractivity contribution in [2.24, 2.45) is 0 Å². The maximum Gasteiger partial charge on any atom is 0.323 e. The number of rotatable bonds is 4. The third kappa shape index (κ3) is 4.39. The molecule has 5 heteroatoms. The van der Waals surface area contributed by atoms with Crippen LogP contribution in [0.3, 0.4) is 0 Å². The van der Waals surface area contributed by atoms with Gasteiger partial charge in [-0.2, -0.15) is 0 Å². The van der Waals surface area contributed by atoms with E-state index >= 15 is 0 Å². The molecule has 2 aromatic rings. The van der Waals surface area contributed by atoms with Gasteiger partial charge in [0.05, 0.1) is 6.61 Å². The molecular formula is C16H17ClN2O2. The summed E-state index contributed by atoms with van der Waals surface area (Å²) in [4.78, 5) is 11.9. The highest BCUT2D eigenvalue weighted by Gasteiger charge is 2.04. The molecule has 4 nitrogen and oxygen atoms in total. The Hall–Kier alpha value is -2.20. The number of urea groups is 1. The second-order valence-electron chi connectivity index (χ2n) is 4.50. The molecule has 0 heterocycles. The molecule has 0 unspecified atom stereocenters. The molecule has 0 bridgehead atoms. The molecule has 2 N–H and O–H groups in total. The normalized spacial score (nSPS) is 10.0. The van der Waals surface area contributed by atoms with Gasteiger partial charge in [0.15, 0.2) is 0 Å². The Kier molecular flexibility index (Phi) is 5.06. The third-order valence-corrected chi connectivity index (χ3v) is 3.26. The van der Waals surface area contributed by atoms with E-state index in [1.54, 1.807) is 24.3 Å². The smallest absolute Gasteiger partial charge is 0.323 e. The SMILES string of the molecule is CCOc1ccc(NC(=O)Nc2ccc(C)c(Cl)c2)cc1. The van der Waals surface area contributed by atoms with Crippen molar-refractivity contribution < 1.29 is 9.53 Å². The van der Waals surface area contributed by atoms with E-state index in [4.69, 9.17) is 16.3 Å². The molecule has 0 spiro atoms. The number of carbonyl (C=O) groups is 1. The second kappa shape index (κ2) is 6.99. The van der Waals surface area contributed by atoms with Crippen LogP contribution in [0.2, 0.25) is 5.02 Å². The zero-order chi connectivity index (χ0) is 15.2. The Balaban J connectivity index is 1.96. The first kappa shape index (κ1) is 15.2. The molecule has 0 aromatic heterocycles. The predicted octanol–water partition coefficient (Wildman–Crippen LogP) is 4.69. The standard InChI is InChI=1S/C16H17ClN2O2/c1-3-21-14-8-6-12(7-9-14)18-16(20)19-13-5-4-11(2)15(17)10-13/h4-10H,3H2,1-2H3,(H2,18,19,20). The van der Waals surface area contributed by atoms with E-state index in [1.807, 2.05) is 32.0 Å². The summed E-state index contributed by atoms with van der Waals surface area (Å²) in [5.74, 6) is 0.772. The molecule has 0 aliphatic heterocycles. The summed E-state index contributed by atoms with van der Waals surface area (Å²) in [5, 5.41) is 6.10. The molecule has 2 rings (SSSR count). The van der Waals surface area contributed by atoms with Gasteiger partial charge in [-0.05, 0) is 55.8 Å². The van der Waals surface area contributed by atoms with Crippen LogP contribution in [-0.4, -0.2) is 12.6 Å². The fourth-order valence-electron chi connectivity index (χ4n) is 1.77. The number of aryl methyl sites for hydroxylation is 1. The Morgan fingerprint density at radius 1 is 1.10 bits per heavy atom. The lowest BCUT2D eigenvalue weighted by molar-refractivity contribution is 0.262. The third-order valence-electron chi connectivity index (χ3n) is 2.85. The summed E-state index contributed by atoms with van der Waals surface area (Å²) in [5.41, 5.74) is 2.30. The molecule has 0 aliphatic carbocycles. The molecule has 21 heavy (non-hydrogen) atoms. The average Bonchev–Trinajstić information content (AvgIpc) is 2.45. The maximum atomic E-state index is 11.9. The molecular weight excluding hydrogens is 288 g/mol. The van der Waals surface area contributed by atoms with Gasteiger partial charge in [-0.25, -0.2) is 4.79 Å². The lowest BCUT2D eigenvalue weighted by atomic mass is 10.2. The summed E-state index contributed by atoms with van der Waals surface area (Å²) < 4.78 is 5.34. The number of halogens is 1. The molecule has 0 saturated carbocycles. The van der Waals surface area contributed by atoms with Gasteiger partial charge < -0.3 is 15.4 Å². The van der Waals surface area contributed by atoms with E-state index in [9.17, 15) is 4.79 Å². The fourth-order valence-corrected chi connectivity index (χ4v) is 1.95. The van der Waals surface area contributed by atoms with Gasteiger partial charge in [-0.15, -0.1) is 0 Å². The van der Waals surface area contributed by atoms with Gasteiger partial charge in [-0.1, -0.05) is 17.7 Å². The van der Waals surface area contributed by atoms with Crippen molar-refractivity contribution in [2.75, 3.05) is 17.2 Å². The van der Waals surface area contributed by atoms with Crippen LogP contribution in [0.25, 0.3) is 0 Å². The van der Waals surface area contributed by atoms with Gasteiger partial charge in [0, 0.05) is 16.4 Å². The first-order chi connectivity index (χ1) is 10.1. The van der Waals surface area contributed by atoms with Crippen molar-refractivity contribution in [1.82, 2.24) is 0 Å². The number of ether oxygens (including phenoxy) is 1. The number of nitrogens with one attached hydrogen (secondary N) is 2. The average molecular weight is 305 g/mol. The number of carbonyl (C=O) groups excluding carboxylic acids is 1. The molecule has 110 valence electrons. The minimum Gasteiger partial charge on any atom is -0.494 e. The fraction of sp³-hybridized carbons (Fsp3) is 0.188. The quantitative estimate of drug-likeness (QED) is 0.861. The van der Waals surface area contributed by atoms with Crippen LogP contribution in [-0.2, 0) is 0 Å². The van der Waals surface area contributed by atoms with E-state index in [0.29, 0.717) is 23.0 Å². The summed E-state index contributed by atoms with van der Waals surface area (Å²) in [6, 6.07) is 12.2. The maximum absolute atomic E-state index is 11.9. The number of amides is 2. The van der Waals surface area contributed by atoms with Gasteiger partial charge in [0.25, 0.3) is 0 Å². The van der Waals surface area contributed by atoms with E-state index in [0.717, 1.165) is 11.3 Å². The molecule has 2 aromatic carbocycles. The van der Waals surface area contributed by atoms with Crippen molar-refractivity contribution in [3.8, 4) is 5.75 Å². The molecule has 0 fully saturated rings. The monoisotopic (exact) mass is 304 g/mol. The first-order valence-corrected chi connectivity index (χ1v) is 7.03. The van der Waals surface area contributed by atoms with E-state index in [-0.39, 0.29) is 6.03 Å². The lowest BCUT2D eigenvalue weighted by Crippen LogP contribution is -2.19. The van der Waals surface area contributed by atoms with E-state index < -0.39 is 0 Å². The highest BCUT2D eigenvalue weighted by atomic mass is 35.5. The highest BCUT2D eigenvalue weighted by Crippen LogP contribution is 2.20. The minimum absolute atomic E-state index is 0.320. The number of benzene rings is 2. The van der Waals surface area contributed by atoms with Crippen LogP contribution in [0.4, 0.5) is 16.2 Å². The van der Waals surface area contributed by atoms with Crippen LogP contribution in [0.1, 0.15) is 12.5 Å². The van der Waals surface area contributed by atoms with Crippen LogP contribution < -0.4 is 15.4 Å². The zero-order valence-electron chi connectivity index (χ0n) is 11.9. The molecule has 0 saturated heterocycles. The number of anilines is 2. The van der Waals surface area contributed by atoms with Crippen molar-refractivity contribution in [3.05, 3.63) is 53.1 Å². The first-order valence-electron chi connectivity index (χ1n) is 6.65. The Morgan fingerprint density at radius 2 is 1.71 bits per heavy atom. The largest absolute Gasteiger partial charge is 0.494 e. The lowest BCUT2D eigenvalue weighted by Gasteiger charge is -2.09. The highest BCUT2D eigenvalue weighted by molar-refractivity contribution is 6.31. The Labute approximate surface area is 129 Å². The van der Waals surface area contributed by atoms with Crippen molar-refractivity contribution >= 4 is 29.0 Å². The summed E-state index contributed by atoms with van der Waals surface area (Å²) in [7, 11) is 0. The van der Waals surface area contributed by atoms with E-state index in [2.05, 4.69) is 10.6 Å². The zero-order valence-corrected chi connectivity index (χ0v) is 12.7. The van der Waals surface area contributed by atoms with Crippen molar-refractivity contribution in [2.45, 2.75) is 13.8 Å². The number of hydrogen-bond acceptors (Lipinski definition) is 2. The molecule has 2 amide bonds. The summed E-state index contributed by atoms with van der Waals surface area (Å²) in [6.45, 7) is 4.44. The molecule has 0 radical (unpaired) electrons. The minimum atomic E-state index is -0.320. The van der Waals surface area contributed by atoms with Gasteiger partial charge in [-0.3, -0.25) is 0 Å².